The highest BCUT2D eigenvalue weighted by Gasteiger charge is 2.24. The van der Waals surface area contributed by atoms with Crippen molar-refractivity contribution >= 4 is 87.2 Å². The number of para-hydroxylation sites is 3. The predicted octanol–water partition coefficient (Wildman–Crippen LogP) is 15.7. The van der Waals surface area contributed by atoms with Gasteiger partial charge in [0, 0.05) is 49.0 Å². The molecule has 0 amide bonds. The van der Waals surface area contributed by atoms with Crippen LogP contribution in [0.15, 0.2) is 215 Å². The minimum atomic E-state index is 0.528. The lowest BCUT2D eigenvalue weighted by Crippen LogP contribution is -2.07. The first-order chi connectivity index (χ1) is 32.2. The van der Waals surface area contributed by atoms with E-state index >= 15 is 0 Å². The smallest absolute Gasteiger partial charge is 0.238 e. The van der Waals surface area contributed by atoms with Crippen molar-refractivity contribution in [3.05, 3.63) is 206 Å². The summed E-state index contributed by atoms with van der Waals surface area (Å²) in [4.78, 5) is 15.9. The molecule has 14 aromatic rings. The summed E-state index contributed by atoms with van der Waals surface area (Å²) in [6.07, 6.45) is 0. The molecule has 0 atom stereocenters. The molecule has 6 nitrogen and oxygen atoms in total. The molecule has 0 aliphatic rings. The third-order valence-electron chi connectivity index (χ3n) is 13.1. The van der Waals surface area contributed by atoms with E-state index in [0.717, 1.165) is 110 Å². The molecule has 0 aliphatic carbocycles. The van der Waals surface area contributed by atoms with E-state index in [4.69, 9.17) is 23.8 Å². The summed E-state index contributed by atoms with van der Waals surface area (Å²) < 4.78 is 15.0. The van der Waals surface area contributed by atoms with E-state index in [-0.39, 0.29) is 0 Å². The van der Waals surface area contributed by atoms with Gasteiger partial charge in [0.25, 0.3) is 0 Å². The number of hydrogen-bond acceptors (Lipinski definition) is 5. The Morgan fingerprint density at radius 3 is 1.71 bits per heavy atom. The minimum Gasteiger partial charge on any atom is -0.456 e. The Morgan fingerprint density at radius 1 is 0.323 bits per heavy atom. The summed E-state index contributed by atoms with van der Waals surface area (Å²) in [7, 11) is 0. The number of furan rings is 2. The van der Waals surface area contributed by atoms with Crippen LogP contribution in [0, 0.1) is 0 Å². The van der Waals surface area contributed by atoms with E-state index < -0.39 is 0 Å². The van der Waals surface area contributed by atoms with Crippen LogP contribution in [0.4, 0.5) is 0 Å². The van der Waals surface area contributed by atoms with Crippen LogP contribution in [0.3, 0.4) is 0 Å². The first-order valence-electron chi connectivity index (χ1n) is 21.8. The van der Waals surface area contributed by atoms with E-state index in [9.17, 15) is 0 Å². The first kappa shape index (κ1) is 35.7. The molecule has 4 heterocycles. The molecule has 0 unspecified atom stereocenters. The Morgan fingerprint density at radius 2 is 0.892 bits per heavy atom. The molecule has 0 radical (unpaired) electrons. The number of benzene rings is 10. The van der Waals surface area contributed by atoms with Gasteiger partial charge >= 0.3 is 0 Å². The molecule has 0 fully saturated rings. The number of aromatic nitrogens is 4. The van der Waals surface area contributed by atoms with Gasteiger partial charge in [-0.05, 0) is 74.6 Å². The maximum Gasteiger partial charge on any atom is 0.238 e. The fraction of sp³-hybridized carbons (Fsp3) is 0. The third kappa shape index (κ3) is 5.38. The van der Waals surface area contributed by atoms with E-state index in [0.29, 0.717) is 17.6 Å². The highest BCUT2D eigenvalue weighted by molar-refractivity contribution is 6.24. The van der Waals surface area contributed by atoms with Crippen molar-refractivity contribution in [3.8, 4) is 51.0 Å². The summed E-state index contributed by atoms with van der Waals surface area (Å²) in [5.74, 6) is 1.67. The number of rotatable bonds is 5. The molecular weight excluding hydrogens is 797 g/mol. The van der Waals surface area contributed by atoms with Crippen molar-refractivity contribution in [1.29, 1.82) is 0 Å². The van der Waals surface area contributed by atoms with Crippen molar-refractivity contribution < 1.29 is 8.83 Å². The summed E-state index contributed by atoms with van der Waals surface area (Å²) in [6.45, 7) is 0. The Hall–Kier alpha value is -8.87. The average molecular weight is 831 g/mol. The molecule has 65 heavy (non-hydrogen) atoms. The number of nitrogens with zero attached hydrogens (tertiary/aromatic N) is 4. The monoisotopic (exact) mass is 830 g/mol. The van der Waals surface area contributed by atoms with Gasteiger partial charge in [0.1, 0.15) is 22.3 Å². The zero-order valence-electron chi connectivity index (χ0n) is 34.7. The fourth-order valence-electron chi connectivity index (χ4n) is 10.2. The summed E-state index contributed by atoms with van der Waals surface area (Å²) in [5.41, 5.74) is 11.6. The molecule has 0 saturated carbocycles. The Balaban J connectivity index is 1.06. The molecule has 4 aromatic heterocycles. The molecule has 0 spiro atoms. The van der Waals surface area contributed by atoms with E-state index in [1.165, 1.54) is 10.8 Å². The molecule has 10 aromatic carbocycles. The molecule has 14 rings (SSSR count). The number of hydrogen-bond donors (Lipinski definition) is 0. The highest BCUT2D eigenvalue weighted by atomic mass is 16.3. The lowest BCUT2D eigenvalue weighted by molar-refractivity contribution is 0.668. The molecule has 0 saturated heterocycles. The molecule has 302 valence electrons. The predicted molar refractivity (Wildman–Crippen MR) is 265 cm³/mol. The Bertz CT molecular complexity index is 4250. The van der Waals surface area contributed by atoms with Crippen LogP contribution in [0.1, 0.15) is 0 Å². The average Bonchev–Trinajstić information content (AvgIpc) is 4.06. The van der Waals surface area contributed by atoms with Crippen molar-refractivity contribution in [3.63, 3.8) is 0 Å². The molecule has 6 heteroatoms. The number of fused-ring (bicyclic) bond motifs is 12. The van der Waals surface area contributed by atoms with Gasteiger partial charge in [0.05, 0.1) is 11.0 Å². The third-order valence-corrected chi connectivity index (χ3v) is 13.1. The maximum atomic E-state index is 6.38. The van der Waals surface area contributed by atoms with Gasteiger partial charge in [-0.15, -0.1) is 0 Å². The van der Waals surface area contributed by atoms with Gasteiger partial charge in [0.15, 0.2) is 11.6 Å². The fourth-order valence-corrected chi connectivity index (χ4v) is 10.2. The van der Waals surface area contributed by atoms with Crippen LogP contribution >= 0.6 is 0 Å². The van der Waals surface area contributed by atoms with Crippen LogP contribution in [0.5, 0.6) is 0 Å². The SMILES string of the molecule is c1ccc(-c2nc(-c3ccc4c(c3)oc3ccccc34)nc(-n3c4ccc5ccccc5c4c4cccc(-c5cccc6c(-c7cccc8oc9ccccc9c78)cccc56)c43)n2)cc1. The van der Waals surface area contributed by atoms with Crippen molar-refractivity contribution in [2.75, 3.05) is 0 Å². The largest absolute Gasteiger partial charge is 0.456 e. The molecule has 0 aliphatic heterocycles. The lowest BCUT2D eigenvalue weighted by Gasteiger charge is -2.15. The summed E-state index contributed by atoms with van der Waals surface area (Å²) in [6, 6.07) is 72.2. The second-order valence-corrected chi connectivity index (χ2v) is 16.7. The van der Waals surface area contributed by atoms with Crippen LogP contribution in [0.25, 0.3) is 138 Å². The Labute approximate surface area is 371 Å². The van der Waals surface area contributed by atoms with Gasteiger partial charge in [-0.1, -0.05) is 170 Å². The van der Waals surface area contributed by atoms with Crippen molar-refractivity contribution in [2.45, 2.75) is 0 Å². The highest BCUT2D eigenvalue weighted by Crippen LogP contribution is 2.45. The standard InChI is InChI=1S/C59H34N4O2/c1-2-15-36(16-3-1)57-60-58(37-30-32-44-43-18-6-8-27-50(43)65-53(44)34-37)62-59(61-57)63-49-33-31-35-14-4-5-17-38(35)54(49)48-26-12-25-46(56(48)63)42-23-11-20-39-40(42)21-10-22-41(39)45-24-13-29-52-55(45)47-19-7-9-28-51(47)64-52/h1-34H. The molecule has 0 N–H and O–H groups in total. The van der Waals surface area contributed by atoms with Crippen molar-refractivity contribution in [1.82, 2.24) is 19.5 Å². The zero-order chi connectivity index (χ0) is 42.6. The molecule has 0 bridgehead atoms. The van der Waals surface area contributed by atoms with E-state index in [1.807, 2.05) is 48.5 Å². The van der Waals surface area contributed by atoms with Gasteiger partial charge in [0.2, 0.25) is 5.95 Å². The van der Waals surface area contributed by atoms with Gasteiger partial charge in [-0.3, -0.25) is 4.57 Å². The zero-order valence-corrected chi connectivity index (χ0v) is 34.7. The maximum absolute atomic E-state index is 6.38. The normalized spacial score (nSPS) is 12.0. The van der Waals surface area contributed by atoms with Crippen LogP contribution in [-0.4, -0.2) is 19.5 Å². The Kier molecular flexibility index (Phi) is 7.59. The topological polar surface area (TPSA) is 69.9 Å². The minimum absolute atomic E-state index is 0.528. The van der Waals surface area contributed by atoms with Crippen LogP contribution in [-0.2, 0) is 0 Å². The van der Waals surface area contributed by atoms with Crippen molar-refractivity contribution in [2.24, 2.45) is 0 Å². The van der Waals surface area contributed by atoms with E-state index in [1.54, 1.807) is 0 Å². The molecular formula is C59H34N4O2. The second-order valence-electron chi connectivity index (χ2n) is 16.7. The lowest BCUT2D eigenvalue weighted by atomic mass is 9.90. The van der Waals surface area contributed by atoms with Crippen LogP contribution < -0.4 is 0 Å². The van der Waals surface area contributed by atoms with Crippen LogP contribution in [0.2, 0.25) is 0 Å². The first-order valence-corrected chi connectivity index (χ1v) is 21.8. The van der Waals surface area contributed by atoms with Gasteiger partial charge in [-0.25, -0.2) is 4.98 Å². The second kappa shape index (κ2) is 13.8. The van der Waals surface area contributed by atoms with E-state index in [2.05, 4.69) is 162 Å². The summed E-state index contributed by atoms with van der Waals surface area (Å²) in [5, 5.41) is 11.2. The summed E-state index contributed by atoms with van der Waals surface area (Å²) >= 11 is 0. The quantitative estimate of drug-likeness (QED) is 0.173. The van der Waals surface area contributed by atoms with Gasteiger partial charge in [-0.2, -0.15) is 9.97 Å². The van der Waals surface area contributed by atoms with Gasteiger partial charge < -0.3 is 8.83 Å².